The predicted octanol–water partition coefficient (Wildman–Crippen LogP) is 3.61. The Balaban J connectivity index is 1.39. The molecule has 4 aromatic rings. The van der Waals surface area contributed by atoms with E-state index in [1.165, 1.54) is 12.5 Å². The highest BCUT2D eigenvalue weighted by Gasteiger charge is 2.10. The van der Waals surface area contributed by atoms with Gasteiger partial charge >= 0.3 is 0 Å². The van der Waals surface area contributed by atoms with Crippen LogP contribution in [0.25, 0.3) is 17.2 Å². The third-order valence-corrected chi connectivity index (χ3v) is 5.05. The lowest BCUT2D eigenvalue weighted by atomic mass is 10.0. The molecule has 0 bridgehead atoms. The average Bonchev–Trinajstić information content (AvgIpc) is 3.42. The molecule has 0 fully saturated rings. The van der Waals surface area contributed by atoms with Gasteiger partial charge in [0.1, 0.15) is 0 Å². The van der Waals surface area contributed by atoms with Crippen molar-refractivity contribution in [3.05, 3.63) is 84.1 Å². The Kier molecular flexibility index (Phi) is 5.98. The molecule has 3 heterocycles. The molecule has 1 N–H and O–H groups in total. The van der Waals surface area contributed by atoms with E-state index in [0.29, 0.717) is 12.3 Å². The molecule has 0 unspecified atom stereocenters. The van der Waals surface area contributed by atoms with E-state index in [0.717, 1.165) is 40.1 Å². The second-order valence-corrected chi connectivity index (χ2v) is 7.08. The molecule has 8 heteroatoms. The number of carbonyl (C=O) groups excluding carboxylic acids is 1. The quantitative estimate of drug-likeness (QED) is 0.464. The number of benzene rings is 1. The van der Waals surface area contributed by atoms with E-state index in [4.69, 9.17) is 4.42 Å². The number of hydrogen-bond acceptors (Lipinski definition) is 6. The zero-order valence-electron chi connectivity index (χ0n) is 17.3. The van der Waals surface area contributed by atoms with Gasteiger partial charge in [-0.15, -0.1) is 10.2 Å². The maximum atomic E-state index is 12.4. The van der Waals surface area contributed by atoms with Gasteiger partial charge in [-0.05, 0) is 48.7 Å². The summed E-state index contributed by atoms with van der Waals surface area (Å²) in [4.78, 5) is 16.6. The predicted molar refractivity (Wildman–Crippen MR) is 117 cm³/mol. The number of aryl methyl sites for hydroxylation is 3. The van der Waals surface area contributed by atoms with Crippen molar-refractivity contribution in [3.8, 4) is 11.1 Å². The number of aromatic nitrogens is 5. The zero-order valence-corrected chi connectivity index (χ0v) is 17.3. The molecule has 0 aliphatic heterocycles. The van der Waals surface area contributed by atoms with E-state index in [2.05, 4.69) is 25.6 Å². The largest absolute Gasteiger partial charge is 0.428 e. The van der Waals surface area contributed by atoms with E-state index in [-0.39, 0.29) is 5.91 Å². The molecule has 0 aliphatic carbocycles. The third-order valence-electron chi connectivity index (χ3n) is 5.05. The molecule has 0 aliphatic rings. The van der Waals surface area contributed by atoms with E-state index >= 15 is 0 Å². The van der Waals surface area contributed by atoms with Gasteiger partial charge in [-0.1, -0.05) is 12.1 Å². The van der Waals surface area contributed by atoms with Crippen LogP contribution in [0, 0.1) is 6.92 Å². The van der Waals surface area contributed by atoms with E-state index < -0.39 is 0 Å². The van der Waals surface area contributed by atoms with Gasteiger partial charge in [-0.25, -0.2) is 0 Å². The van der Waals surface area contributed by atoms with Crippen LogP contribution < -0.4 is 5.32 Å². The zero-order chi connectivity index (χ0) is 21.6. The maximum Gasteiger partial charge on any atom is 0.248 e. The minimum Gasteiger partial charge on any atom is -0.428 e. The van der Waals surface area contributed by atoms with Crippen LogP contribution in [0.4, 0.5) is 5.69 Å². The highest BCUT2D eigenvalue weighted by Crippen LogP contribution is 2.26. The van der Waals surface area contributed by atoms with Gasteiger partial charge in [0.05, 0.1) is 6.20 Å². The Morgan fingerprint density at radius 1 is 1.13 bits per heavy atom. The SMILES string of the molecule is Cc1c(-c2ccncc2/C=C/C(=O)Nc2ccc(CCc3nnco3)cc2)cnn1C. The number of nitrogens with one attached hydrogen (secondary N) is 1. The molecule has 1 aromatic carbocycles. The first kappa shape index (κ1) is 20.2. The lowest BCUT2D eigenvalue weighted by Gasteiger charge is -2.06. The average molecular weight is 414 g/mol. The summed E-state index contributed by atoms with van der Waals surface area (Å²) in [6.07, 6.45) is 11.4. The molecule has 0 saturated carbocycles. The number of hydrogen-bond donors (Lipinski definition) is 1. The van der Waals surface area contributed by atoms with Crippen molar-refractivity contribution in [1.29, 1.82) is 0 Å². The van der Waals surface area contributed by atoms with Crippen LogP contribution in [0.1, 0.15) is 22.7 Å². The summed E-state index contributed by atoms with van der Waals surface area (Å²) in [6.45, 7) is 2.01. The highest BCUT2D eigenvalue weighted by atomic mass is 16.4. The monoisotopic (exact) mass is 414 g/mol. The van der Waals surface area contributed by atoms with Crippen LogP contribution in [-0.4, -0.2) is 30.9 Å². The molecule has 0 spiro atoms. The summed E-state index contributed by atoms with van der Waals surface area (Å²) in [5.74, 6) is 0.398. The first-order valence-electron chi connectivity index (χ1n) is 9.86. The van der Waals surface area contributed by atoms with Gasteiger partial charge in [-0.2, -0.15) is 5.10 Å². The molecular weight excluding hydrogens is 392 g/mol. The first-order chi connectivity index (χ1) is 15.1. The minimum absolute atomic E-state index is 0.212. The van der Waals surface area contributed by atoms with Gasteiger partial charge in [0.25, 0.3) is 0 Å². The molecule has 1 amide bonds. The number of carbonyl (C=O) groups is 1. The summed E-state index contributed by atoms with van der Waals surface area (Å²) < 4.78 is 6.96. The minimum atomic E-state index is -0.212. The van der Waals surface area contributed by atoms with Gasteiger partial charge in [0.2, 0.25) is 18.2 Å². The topological polar surface area (TPSA) is 98.7 Å². The molecule has 4 rings (SSSR count). The van der Waals surface area contributed by atoms with Crippen LogP contribution in [0.3, 0.4) is 0 Å². The van der Waals surface area contributed by atoms with E-state index in [9.17, 15) is 4.79 Å². The molecule has 0 radical (unpaired) electrons. The van der Waals surface area contributed by atoms with Gasteiger partial charge < -0.3 is 9.73 Å². The van der Waals surface area contributed by atoms with Crippen LogP contribution in [0.2, 0.25) is 0 Å². The Hall–Kier alpha value is -4.07. The Morgan fingerprint density at radius 2 is 1.97 bits per heavy atom. The lowest BCUT2D eigenvalue weighted by Crippen LogP contribution is -2.07. The molecule has 0 atom stereocenters. The summed E-state index contributed by atoms with van der Waals surface area (Å²) in [6, 6.07) is 9.63. The maximum absolute atomic E-state index is 12.4. The molecule has 0 saturated heterocycles. The van der Waals surface area contributed by atoms with Crippen molar-refractivity contribution in [3.63, 3.8) is 0 Å². The third kappa shape index (κ3) is 4.92. The Morgan fingerprint density at radius 3 is 2.68 bits per heavy atom. The van der Waals surface area contributed by atoms with Gasteiger partial charge in [-0.3, -0.25) is 14.5 Å². The highest BCUT2D eigenvalue weighted by molar-refractivity contribution is 6.02. The van der Waals surface area contributed by atoms with Gasteiger partial charge in [0, 0.05) is 54.4 Å². The Bertz CT molecular complexity index is 1190. The molecule has 8 nitrogen and oxygen atoms in total. The van der Waals surface area contributed by atoms with Gasteiger partial charge in [0.15, 0.2) is 0 Å². The second kappa shape index (κ2) is 9.17. The van der Waals surface area contributed by atoms with E-state index in [1.54, 1.807) is 18.5 Å². The van der Waals surface area contributed by atoms with Crippen LogP contribution in [-0.2, 0) is 24.7 Å². The van der Waals surface area contributed by atoms with Crippen molar-refractivity contribution in [1.82, 2.24) is 25.0 Å². The fourth-order valence-corrected chi connectivity index (χ4v) is 3.21. The smallest absolute Gasteiger partial charge is 0.248 e. The number of rotatable bonds is 7. The summed E-state index contributed by atoms with van der Waals surface area (Å²) >= 11 is 0. The number of amides is 1. The standard InChI is InChI=1S/C23H22N6O2/c1-16-21(14-26-29(16)2)20-11-12-24-13-18(20)6-9-22(30)27-19-7-3-17(4-8-19)5-10-23-28-25-15-31-23/h3-4,6-9,11-15H,5,10H2,1-2H3,(H,27,30)/b9-6+. The van der Waals surface area contributed by atoms with Crippen LogP contribution in [0.15, 0.2) is 65.8 Å². The van der Waals surface area contributed by atoms with Crippen molar-refractivity contribution in [2.24, 2.45) is 7.05 Å². The van der Waals surface area contributed by atoms with Crippen LogP contribution >= 0.6 is 0 Å². The fourth-order valence-electron chi connectivity index (χ4n) is 3.21. The molecule has 3 aromatic heterocycles. The van der Waals surface area contributed by atoms with Crippen molar-refractivity contribution >= 4 is 17.7 Å². The van der Waals surface area contributed by atoms with Crippen molar-refractivity contribution in [2.75, 3.05) is 5.32 Å². The lowest BCUT2D eigenvalue weighted by molar-refractivity contribution is -0.111. The summed E-state index contributed by atoms with van der Waals surface area (Å²) in [5.41, 5.74) is 5.75. The molecular formula is C23H22N6O2. The second-order valence-electron chi connectivity index (χ2n) is 7.08. The number of anilines is 1. The fraction of sp³-hybridized carbons (Fsp3) is 0.174. The summed E-state index contributed by atoms with van der Waals surface area (Å²) in [5, 5.41) is 14.7. The van der Waals surface area contributed by atoms with Crippen molar-refractivity contribution < 1.29 is 9.21 Å². The molecule has 31 heavy (non-hydrogen) atoms. The molecule has 156 valence electrons. The van der Waals surface area contributed by atoms with E-state index in [1.807, 2.05) is 55.2 Å². The number of pyridine rings is 1. The summed E-state index contributed by atoms with van der Waals surface area (Å²) in [7, 11) is 1.90. The normalized spacial score (nSPS) is 11.2. The van der Waals surface area contributed by atoms with Crippen molar-refractivity contribution in [2.45, 2.75) is 19.8 Å². The van der Waals surface area contributed by atoms with Crippen LogP contribution in [0.5, 0.6) is 0 Å². The first-order valence-corrected chi connectivity index (χ1v) is 9.86. The Labute approximate surface area is 179 Å². The number of nitrogens with zero attached hydrogens (tertiary/aromatic N) is 5.